The maximum absolute atomic E-state index is 12.5. The molecule has 2 N–H and O–H groups in total. The second-order valence-corrected chi connectivity index (χ2v) is 6.57. The van der Waals surface area contributed by atoms with Gasteiger partial charge in [-0.3, -0.25) is 4.79 Å². The number of nitrogens with two attached hydrogens (primary N) is 1. The number of carbonyl (C=O) groups excluding carboxylic acids is 1. The predicted molar refractivity (Wildman–Crippen MR) is 73.6 cm³/mol. The van der Waals surface area contributed by atoms with Crippen LogP contribution < -0.4 is 5.73 Å². The fourth-order valence-corrected chi connectivity index (χ4v) is 3.51. The van der Waals surface area contributed by atoms with Crippen LogP contribution in [0.15, 0.2) is 0 Å². The molecule has 3 aliphatic rings. The van der Waals surface area contributed by atoms with Gasteiger partial charge in [0.2, 0.25) is 5.91 Å². The molecule has 1 saturated heterocycles. The summed E-state index contributed by atoms with van der Waals surface area (Å²) in [5.41, 5.74) is 6.09. The number of hydrogen-bond acceptors (Lipinski definition) is 3. The van der Waals surface area contributed by atoms with Crippen molar-refractivity contribution >= 4 is 5.91 Å². The summed E-state index contributed by atoms with van der Waals surface area (Å²) in [5.74, 6) is 1.33. The minimum Gasteiger partial charge on any atom is -0.381 e. The van der Waals surface area contributed by atoms with Gasteiger partial charge in [0, 0.05) is 37.6 Å². The van der Waals surface area contributed by atoms with E-state index in [0.29, 0.717) is 30.2 Å². The Bertz CT molecular complexity index is 324. The van der Waals surface area contributed by atoms with E-state index in [9.17, 15) is 4.79 Å². The van der Waals surface area contributed by atoms with Crippen molar-refractivity contribution in [2.24, 2.45) is 17.6 Å². The first kappa shape index (κ1) is 13.4. The molecular formula is C15H26N2O2. The van der Waals surface area contributed by atoms with Crippen molar-refractivity contribution < 1.29 is 9.53 Å². The first-order valence-corrected chi connectivity index (χ1v) is 7.87. The third-order valence-electron chi connectivity index (χ3n) is 4.94. The first-order valence-electron chi connectivity index (χ1n) is 7.87. The molecule has 108 valence electrons. The molecule has 0 aromatic heterocycles. The molecule has 2 aliphatic carbocycles. The van der Waals surface area contributed by atoms with Crippen LogP contribution >= 0.6 is 0 Å². The lowest BCUT2D eigenvalue weighted by Gasteiger charge is -2.27. The number of ether oxygens (including phenoxy) is 1. The lowest BCUT2D eigenvalue weighted by Crippen LogP contribution is -2.39. The average molecular weight is 266 g/mol. The van der Waals surface area contributed by atoms with Gasteiger partial charge in [-0.05, 0) is 38.0 Å². The molecule has 0 radical (unpaired) electrons. The molecular weight excluding hydrogens is 240 g/mol. The summed E-state index contributed by atoms with van der Waals surface area (Å²) in [7, 11) is 0. The summed E-state index contributed by atoms with van der Waals surface area (Å²) in [5, 5.41) is 0. The van der Waals surface area contributed by atoms with Crippen molar-refractivity contribution in [3.63, 3.8) is 0 Å². The number of hydrogen-bond donors (Lipinski definition) is 1. The zero-order valence-electron chi connectivity index (χ0n) is 11.7. The molecule has 0 aromatic carbocycles. The van der Waals surface area contributed by atoms with Crippen molar-refractivity contribution in [2.75, 3.05) is 19.8 Å². The van der Waals surface area contributed by atoms with Gasteiger partial charge in [-0.1, -0.05) is 6.42 Å². The Balaban J connectivity index is 1.54. The highest BCUT2D eigenvalue weighted by molar-refractivity contribution is 5.77. The third kappa shape index (κ3) is 3.29. The number of rotatable bonds is 5. The molecule has 1 heterocycles. The molecule has 4 heteroatoms. The van der Waals surface area contributed by atoms with E-state index in [4.69, 9.17) is 10.5 Å². The number of nitrogens with zero attached hydrogens (tertiary/aromatic N) is 1. The lowest BCUT2D eigenvalue weighted by atomic mass is 9.99. The van der Waals surface area contributed by atoms with Crippen LogP contribution in [0.3, 0.4) is 0 Å². The second kappa shape index (κ2) is 5.80. The molecule has 3 atom stereocenters. The summed E-state index contributed by atoms with van der Waals surface area (Å²) >= 11 is 0. The molecule has 3 fully saturated rings. The normalized spacial score (nSPS) is 34.7. The lowest BCUT2D eigenvalue weighted by molar-refractivity contribution is -0.133. The quantitative estimate of drug-likeness (QED) is 0.821. The van der Waals surface area contributed by atoms with Gasteiger partial charge in [0.05, 0.1) is 6.61 Å². The Kier molecular flexibility index (Phi) is 4.08. The highest BCUT2D eigenvalue weighted by Crippen LogP contribution is 2.32. The number of amides is 1. The van der Waals surface area contributed by atoms with E-state index in [-0.39, 0.29) is 6.04 Å². The van der Waals surface area contributed by atoms with Gasteiger partial charge in [-0.15, -0.1) is 0 Å². The molecule has 1 aliphatic heterocycles. The smallest absolute Gasteiger partial charge is 0.223 e. The Labute approximate surface area is 115 Å². The van der Waals surface area contributed by atoms with Gasteiger partial charge in [-0.25, -0.2) is 0 Å². The van der Waals surface area contributed by atoms with Crippen LogP contribution in [0, 0.1) is 11.8 Å². The molecule has 3 rings (SSSR count). The third-order valence-corrected chi connectivity index (χ3v) is 4.94. The summed E-state index contributed by atoms with van der Waals surface area (Å²) in [6.45, 7) is 2.61. The molecule has 1 amide bonds. The van der Waals surface area contributed by atoms with E-state index in [1.165, 1.54) is 19.3 Å². The van der Waals surface area contributed by atoms with Crippen molar-refractivity contribution in [1.82, 2.24) is 4.90 Å². The Morgan fingerprint density at radius 3 is 2.63 bits per heavy atom. The predicted octanol–water partition coefficient (Wildman–Crippen LogP) is 1.53. The summed E-state index contributed by atoms with van der Waals surface area (Å²) in [6, 6.07) is 0.769. The standard InChI is InChI=1S/C15H26N2O2/c16-14-3-1-2-12(14)8-15(18)17(13-4-5-13)9-11-6-7-19-10-11/h11-14H,1-10,16H2/t11?,12-,14+/m0/s1. The van der Waals surface area contributed by atoms with Gasteiger partial charge in [0.15, 0.2) is 0 Å². The van der Waals surface area contributed by atoms with Crippen molar-refractivity contribution in [2.45, 2.75) is 57.0 Å². The molecule has 0 spiro atoms. The molecule has 2 saturated carbocycles. The van der Waals surface area contributed by atoms with Gasteiger partial charge in [0.25, 0.3) is 0 Å². The van der Waals surface area contributed by atoms with E-state index in [1.807, 2.05) is 0 Å². The SMILES string of the molecule is N[C@@H]1CCC[C@H]1CC(=O)N(CC1CCOC1)C1CC1. The Morgan fingerprint density at radius 2 is 2.05 bits per heavy atom. The molecule has 1 unspecified atom stereocenters. The zero-order chi connectivity index (χ0) is 13.2. The minimum atomic E-state index is 0.250. The van der Waals surface area contributed by atoms with Gasteiger partial charge in [-0.2, -0.15) is 0 Å². The summed E-state index contributed by atoms with van der Waals surface area (Å²) < 4.78 is 5.43. The molecule has 19 heavy (non-hydrogen) atoms. The highest BCUT2D eigenvalue weighted by atomic mass is 16.5. The number of carbonyl (C=O) groups is 1. The van der Waals surface area contributed by atoms with Crippen molar-refractivity contribution in [1.29, 1.82) is 0 Å². The molecule has 0 aromatic rings. The van der Waals surface area contributed by atoms with Crippen LogP contribution in [-0.4, -0.2) is 42.6 Å². The highest BCUT2D eigenvalue weighted by Gasteiger charge is 2.36. The van der Waals surface area contributed by atoms with Crippen molar-refractivity contribution in [3.05, 3.63) is 0 Å². The monoisotopic (exact) mass is 266 g/mol. The van der Waals surface area contributed by atoms with Crippen LogP contribution in [0.1, 0.15) is 44.9 Å². The summed E-state index contributed by atoms with van der Waals surface area (Å²) in [6.07, 6.45) is 7.59. The van der Waals surface area contributed by atoms with E-state index in [0.717, 1.165) is 39.0 Å². The van der Waals surface area contributed by atoms with Crippen LogP contribution in [-0.2, 0) is 9.53 Å². The molecule has 4 nitrogen and oxygen atoms in total. The Morgan fingerprint density at radius 1 is 1.21 bits per heavy atom. The van der Waals surface area contributed by atoms with Gasteiger partial charge >= 0.3 is 0 Å². The van der Waals surface area contributed by atoms with Crippen LogP contribution in [0.5, 0.6) is 0 Å². The largest absolute Gasteiger partial charge is 0.381 e. The fourth-order valence-electron chi connectivity index (χ4n) is 3.51. The van der Waals surface area contributed by atoms with E-state index in [2.05, 4.69) is 4.90 Å². The van der Waals surface area contributed by atoms with E-state index >= 15 is 0 Å². The van der Waals surface area contributed by atoms with Crippen LogP contribution in [0.2, 0.25) is 0 Å². The second-order valence-electron chi connectivity index (χ2n) is 6.57. The molecule has 0 bridgehead atoms. The van der Waals surface area contributed by atoms with E-state index in [1.54, 1.807) is 0 Å². The zero-order valence-corrected chi connectivity index (χ0v) is 11.7. The fraction of sp³-hybridized carbons (Fsp3) is 0.933. The minimum absolute atomic E-state index is 0.250. The van der Waals surface area contributed by atoms with Gasteiger partial charge < -0.3 is 15.4 Å². The summed E-state index contributed by atoms with van der Waals surface area (Å²) in [4.78, 5) is 14.7. The van der Waals surface area contributed by atoms with Crippen LogP contribution in [0.25, 0.3) is 0 Å². The van der Waals surface area contributed by atoms with Crippen LogP contribution in [0.4, 0.5) is 0 Å². The maximum atomic E-state index is 12.5. The van der Waals surface area contributed by atoms with E-state index < -0.39 is 0 Å². The first-order chi connectivity index (χ1) is 9.24. The Hall–Kier alpha value is -0.610. The van der Waals surface area contributed by atoms with Crippen molar-refractivity contribution in [3.8, 4) is 0 Å². The van der Waals surface area contributed by atoms with Gasteiger partial charge in [0.1, 0.15) is 0 Å². The maximum Gasteiger partial charge on any atom is 0.223 e. The average Bonchev–Trinajstić information content (AvgIpc) is 2.95. The topological polar surface area (TPSA) is 55.6 Å².